The summed E-state index contributed by atoms with van der Waals surface area (Å²) in [5, 5.41) is 16.8. The summed E-state index contributed by atoms with van der Waals surface area (Å²) < 4.78 is 6.64. The minimum Gasteiger partial charge on any atom is -0.459 e. The first-order valence-electron chi connectivity index (χ1n) is 9.12. The van der Waals surface area contributed by atoms with Crippen molar-refractivity contribution in [2.75, 3.05) is 10.6 Å². The number of amides is 2. The van der Waals surface area contributed by atoms with Crippen molar-refractivity contribution in [2.24, 2.45) is 0 Å². The van der Waals surface area contributed by atoms with Crippen LogP contribution in [-0.2, 0) is 0 Å². The van der Waals surface area contributed by atoms with Crippen LogP contribution in [0, 0.1) is 13.8 Å². The molecule has 9 heteroatoms. The minimum absolute atomic E-state index is 0.194. The van der Waals surface area contributed by atoms with Gasteiger partial charge in [-0.1, -0.05) is 12.1 Å². The molecule has 0 saturated heterocycles. The molecule has 2 aromatic heterocycles. The Morgan fingerprint density at radius 2 is 1.80 bits per heavy atom. The number of furan rings is 1. The molecule has 4 aromatic rings. The van der Waals surface area contributed by atoms with Gasteiger partial charge in [0, 0.05) is 16.9 Å². The van der Waals surface area contributed by atoms with Gasteiger partial charge in [0.1, 0.15) is 6.33 Å². The van der Waals surface area contributed by atoms with Crippen LogP contribution < -0.4 is 10.6 Å². The number of aromatic nitrogens is 4. The van der Waals surface area contributed by atoms with Crippen molar-refractivity contribution in [2.45, 2.75) is 13.8 Å². The number of aryl methyl sites for hydroxylation is 2. The number of anilines is 2. The van der Waals surface area contributed by atoms with Gasteiger partial charge in [-0.3, -0.25) is 9.59 Å². The molecule has 0 saturated carbocycles. The highest BCUT2D eigenvalue weighted by Gasteiger charge is 2.14. The SMILES string of the molecule is Cc1ccc(C(=O)Nc2ccc(C)c(-n3cnnn3)c2)cc1NC(=O)c1ccco1. The summed E-state index contributed by atoms with van der Waals surface area (Å²) in [5.41, 5.74) is 4.06. The van der Waals surface area contributed by atoms with Gasteiger partial charge < -0.3 is 15.1 Å². The van der Waals surface area contributed by atoms with Crippen molar-refractivity contribution in [3.63, 3.8) is 0 Å². The fourth-order valence-corrected chi connectivity index (χ4v) is 2.90. The second-order valence-corrected chi connectivity index (χ2v) is 6.67. The number of carbonyl (C=O) groups is 2. The van der Waals surface area contributed by atoms with Crippen LogP contribution in [-0.4, -0.2) is 32.0 Å². The molecule has 2 aromatic carbocycles. The number of carbonyl (C=O) groups excluding carboxylic acids is 2. The summed E-state index contributed by atoms with van der Waals surface area (Å²) >= 11 is 0. The molecule has 0 aliphatic rings. The summed E-state index contributed by atoms with van der Waals surface area (Å²) in [5.74, 6) is -0.501. The predicted octanol–water partition coefficient (Wildman–Crippen LogP) is 3.38. The van der Waals surface area contributed by atoms with E-state index < -0.39 is 0 Å². The maximum Gasteiger partial charge on any atom is 0.291 e. The molecule has 4 rings (SSSR count). The van der Waals surface area contributed by atoms with E-state index in [0.29, 0.717) is 16.9 Å². The van der Waals surface area contributed by atoms with Crippen LogP contribution in [0.4, 0.5) is 11.4 Å². The second-order valence-electron chi connectivity index (χ2n) is 6.67. The van der Waals surface area contributed by atoms with Crippen LogP contribution in [0.2, 0.25) is 0 Å². The Labute approximate surface area is 171 Å². The van der Waals surface area contributed by atoms with Crippen LogP contribution in [0.5, 0.6) is 0 Å². The molecule has 0 spiro atoms. The molecule has 0 aliphatic carbocycles. The van der Waals surface area contributed by atoms with Gasteiger partial charge in [0.05, 0.1) is 12.0 Å². The average Bonchev–Trinajstić information content (AvgIpc) is 3.45. The third kappa shape index (κ3) is 3.95. The van der Waals surface area contributed by atoms with Crippen LogP contribution >= 0.6 is 0 Å². The number of nitrogens with one attached hydrogen (secondary N) is 2. The lowest BCUT2D eigenvalue weighted by Crippen LogP contribution is -2.15. The molecule has 0 radical (unpaired) electrons. The van der Waals surface area contributed by atoms with Crippen molar-refractivity contribution in [1.29, 1.82) is 0 Å². The van der Waals surface area contributed by atoms with Gasteiger partial charge in [-0.15, -0.1) is 5.10 Å². The molecule has 2 heterocycles. The standard InChI is InChI=1S/C21H18N6O3/c1-13-5-7-15(10-17(13)24-21(29)19-4-3-9-30-19)20(28)23-16-8-6-14(2)18(11-16)27-12-22-25-26-27/h3-12H,1-2H3,(H,23,28)(H,24,29). The molecule has 2 N–H and O–H groups in total. The molecule has 0 atom stereocenters. The van der Waals surface area contributed by atoms with Crippen molar-refractivity contribution in [3.8, 4) is 5.69 Å². The lowest BCUT2D eigenvalue weighted by Gasteiger charge is -2.12. The number of benzene rings is 2. The second kappa shape index (κ2) is 8.00. The van der Waals surface area contributed by atoms with Crippen LogP contribution in [0.3, 0.4) is 0 Å². The molecule has 0 aliphatic heterocycles. The van der Waals surface area contributed by atoms with Gasteiger partial charge in [-0.05, 0) is 71.8 Å². The zero-order valence-corrected chi connectivity index (χ0v) is 16.3. The molecule has 30 heavy (non-hydrogen) atoms. The van der Waals surface area contributed by atoms with E-state index in [4.69, 9.17) is 4.42 Å². The van der Waals surface area contributed by atoms with Crippen molar-refractivity contribution in [1.82, 2.24) is 20.2 Å². The zero-order chi connectivity index (χ0) is 21.1. The van der Waals surface area contributed by atoms with Gasteiger partial charge in [-0.2, -0.15) is 0 Å². The van der Waals surface area contributed by atoms with Crippen LogP contribution in [0.25, 0.3) is 5.69 Å². The Morgan fingerprint density at radius 1 is 0.967 bits per heavy atom. The Hall–Kier alpha value is -4.27. The molecule has 0 unspecified atom stereocenters. The maximum atomic E-state index is 12.8. The number of rotatable bonds is 5. The van der Waals surface area contributed by atoms with Crippen LogP contribution in [0.1, 0.15) is 32.0 Å². The Bertz CT molecular complexity index is 1200. The molecular formula is C21H18N6O3. The minimum atomic E-state index is -0.384. The first-order chi connectivity index (χ1) is 14.5. The third-order valence-electron chi connectivity index (χ3n) is 4.56. The molecule has 0 fully saturated rings. The van der Waals surface area contributed by atoms with Crippen molar-refractivity contribution in [3.05, 3.63) is 83.6 Å². The van der Waals surface area contributed by atoms with Crippen molar-refractivity contribution >= 4 is 23.2 Å². The molecule has 150 valence electrons. The van der Waals surface area contributed by atoms with Gasteiger partial charge in [0.2, 0.25) is 0 Å². The topological polar surface area (TPSA) is 115 Å². The highest BCUT2D eigenvalue weighted by molar-refractivity contribution is 6.07. The predicted molar refractivity (Wildman–Crippen MR) is 110 cm³/mol. The first-order valence-corrected chi connectivity index (χ1v) is 9.12. The molecule has 2 amide bonds. The van der Waals surface area contributed by atoms with E-state index in [2.05, 4.69) is 26.2 Å². The Balaban J connectivity index is 1.54. The van der Waals surface area contributed by atoms with Crippen LogP contribution in [0.15, 0.2) is 65.5 Å². The molecule has 9 nitrogen and oxygen atoms in total. The van der Waals surface area contributed by atoms with Gasteiger partial charge >= 0.3 is 0 Å². The fourth-order valence-electron chi connectivity index (χ4n) is 2.90. The van der Waals surface area contributed by atoms with Gasteiger partial charge in [-0.25, -0.2) is 4.68 Å². The first kappa shape index (κ1) is 19.1. The monoisotopic (exact) mass is 402 g/mol. The number of nitrogens with zero attached hydrogens (tertiary/aromatic N) is 4. The molecule has 0 bridgehead atoms. The van der Waals surface area contributed by atoms with E-state index in [-0.39, 0.29) is 17.6 Å². The highest BCUT2D eigenvalue weighted by Crippen LogP contribution is 2.21. The number of hydrogen-bond acceptors (Lipinski definition) is 6. The van der Waals surface area contributed by atoms with Crippen molar-refractivity contribution < 1.29 is 14.0 Å². The Morgan fingerprint density at radius 3 is 2.53 bits per heavy atom. The van der Waals surface area contributed by atoms with Gasteiger partial charge in [0.25, 0.3) is 11.8 Å². The number of tetrazole rings is 1. The van der Waals surface area contributed by atoms with E-state index in [1.807, 2.05) is 19.9 Å². The summed E-state index contributed by atoms with van der Waals surface area (Å²) in [6.45, 7) is 3.77. The largest absolute Gasteiger partial charge is 0.459 e. The van der Waals surface area contributed by atoms with E-state index in [1.165, 1.54) is 17.3 Å². The normalized spacial score (nSPS) is 10.6. The van der Waals surface area contributed by atoms with E-state index in [0.717, 1.165) is 16.8 Å². The maximum absolute atomic E-state index is 12.8. The van der Waals surface area contributed by atoms with E-state index in [9.17, 15) is 9.59 Å². The van der Waals surface area contributed by atoms with Gasteiger partial charge in [0.15, 0.2) is 5.76 Å². The van der Waals surface area contributed by atoms with E-state index >= 15 is 0 Å². The summed E-state index contributed by atoms with van der Waals surface area (Å²) in [6.07, 6.45) is 2.92. The zero-order valence-electron chi connectivity index (χ0n) is 16.3. The fraction of sp³-hybridized carbons (Fsp3) is 0.0952. The summed E-state index contributed by atoms with van der Waals surface area (Å²) in [4.78, 5) is 25.0. The third-order valence-corrected chi connectivity index (χ3v) is 4.56. The average molecular weight is 402 g/mol. The quantitative estimate of drug-likeness (QED) is 0.529. The summed E-state index contributed by atoms with van der Waals surface area (Å²) in [7, 11) is 0. The summed E-state index contributed by atoms with van der Waals surface area (Å²) in [6, 6.07) is 13.8. The molecular weight excluding hydrogens is 384 g/mol. The highest BCUT2D eigenvalue weighted by atomic mass is 16.3. The Kier molecular flexibility index (Phi) is 5.08. The van der Waals surface area contributed by atoms with E-state index in [1.54, 1.807) is 42.5 Å². The lowest BCUT2D eigenvalue weighted by molar-refractivity contribution is 0.0993. The lowest BCUT2D eigenvalue weighted by atomic mass is 10.1. The smallest absolute Gasteiger partial charge is 0.291 e. The number of hydrogen-bond donors (Lipinski definition) is 2.